The molecule has 1 N–H and O–H groups in total. The second-order valence-electron chi connectivity index (χ2n) is 8.15. The van der Waals surface area contributed by atoms with Crippen molar-refractivity contribution in [3.05, 3.63) is 75.8 Å². The summed E-state index contributed by atoms with van der Waals surface area (Å²) in [7, 11) is 3.03. The summed E-state index contributed by atoms with van der Waals surface area (Å²) in [6.07, 6.45) is 2.94. The Hall–Kier alpha value is -3.48. The summed E-state index contributed by atoms with van der Waals surface area (Å²) >= 11 is 12.3. The predicted molar refractivity (Wildman–Crippen MR) is 141 cm³/mol. The average Bonchev–Trinajstić information content (AvgIpc) is 3.26. The summed E-state index contributed by atoms with van der Waals surface area (Å²) in [4.78, 5) is 17.4. The van der Waals surface area contributed by atoms with Gasteiger partial charge in [0.25, 0.3) is 0 Å². The van der Waals surface area contributed by atoms with Gasteiger partial charge < -0.3 is 19.2 Å². The number of halogens is 2. The zero-order valence-electron chi connectivity index (χ0n) is 19.7. The molecule has 0 aliphatic carbocycles. The number of fused-ring (bicyclic) bond motifs is 1. The molecule has 180 valence electrons. The third-order valence-corrected chi connectivity index (χ3v) is 5.94. The Morgan fingerprint density at radius 1 is 1.06 bits per heavy atom. The van der Waals surface area contributed by atoms with Gasteiger partial charge in [0, 0.05) is 22.2 Å². The van der Waals surface area contributed by atoms with Crippen molar-refractivity contribution in [3.8, 4) is 23.0 Å². The molecular weight excluding hydrogens is 487 g/mol. The van der Waals surface area contributed by atoms with Gasteiger partial charge in [0.15, 0.2) is 5.58 Å². The fourth-order valence-electron chi connectivity index (χ4n) is 3.63. The molecule has 0 aliphatic rings. The molecule has 35 heavy (non-hydrogen) atoms. The van der Waals surface area contributed by atoms with Gasteiger partial charge in [0.2, 0.25) is 11.8 Å². The van der Waals surface area contributed by atoms with Gasteiger partial charge in [-0.1, -0.05) is 43.1 Å². The molecule has 0 fully saturated rings. The minimum atomic E-state index is -0.377. The molecule has 1 aromatic heterocycles. The summed E-state index contributed by atoms with van der Waals surface area (Å²) in [5.74, 6) is 1.39. The Balaban J connectivity index is 1.61. The first-order valence-electron chi connectivity index (χ1n) is 10.9. The van der Waals surface area contributed by atoms with Crippen molar-refractivity contribution in [1.29, 1.82) is 0 Å². The summed E-state index contributed by atoms with van der Waals surface area (Å²) < 4.78 is 16.7. The fraction of sp³-hybridized carbons (Fsp3) is 0.185. The highest BCUT2D eigenvalue weighted by Gasteiger charge is 2.14. The van der Waals surface area contributed by atoms with Crippen LogP contribution in [0.4, 0.5) is 5.69 Å². The van der Waals surface area contributed by atoms with Crippen LogP contribution in [0.3, 0.4) is 0 Å². The van der Waals surface area contributed by atoms with E-state index < -0.39 is 0 Å². The normalized spacial score (nSPS) is 11.4. The lowest BCUT2D eigenvalue weighted by molar-refractivity contribution is -0.111. The number of carbonyl (C=O) groups is 1. The third kappa shape index (κ3) is 5.45. The third-order valence-electron chi connectivity index (χ3n) is 5.44. The molecule has 1 amide bonds. The van der Waals surface area contributed by atoms with Gasteiger partial charge in [-0.25, -0.2) is 4.98 Å². The van der Waals surface area contributed by atoms with E-state index in [2.05, 4.69) is 24.1 Å². The van der Waals surface area contributed by atoms with Crippen LogP contribution in [-0.4, -0.2) is 25.1 Å². The molecule has 8 heteroatoms. The minimum Gasteiger partial charge on any atom is -0.495 e. The minimum absolute atomic E-state index is 0.355. The van der Waals surface area contributed by atoms with Crippen molar-refractivity contribution in [2.24, 2.45) is 0 Å². The molecule has 1 heterocycles. The lowest BCUT2D eigenvalue weighted by Gasteiger charge is -2.10. The van der Waals surface area contributed by atoms with Crippen LogP contribution in [0, 0.1) is 0 Å². The number of methoxy groups -OCH3 is 2. The van der Waals surface area contributed by atoms with Gasteiger partial charge in [-0.15, -0.1) is 0 Å². The van der Waals surface area contributed by atoms with Gasteiger partial charge >= 0.3 is 0 Å². The standard InChI is InChI=1S/C27H24Cl2N2O4/c1-15(2)16-5-9-24-22(12-16)31-27(35-24)18-6-8-23(33-3)21(13-18)30-25(32)10-7-17-11-19(28)14-20(29)26(17)34-4/h5-15H,1-4H3,(H,30,32). The van der Waals surface area contributed by atoms with Crippen LogP contribution < -0.4 is 14.8 Å². The Kier molecular flexibility index (Phi) is 7.34. The van der Waals surface area contributed by atoms with Crippen molar-refractivity contribution in [2.75, 3.05) is 19.5 Å². The quantitative estimate of drug-likeness (QED) is 0.259. The van der Waals surface area contributed by atoms with Gasteiger partial charge in [0.1, 0.15) is 17.0 Å². The number of oxazole rings is 1. The maximum atomic E-state index is 12.7. The van der Waals surface area contributed by atoms with Gasteiger partial charge in [-0.2, -0.15) is 0 Å². The van der Waals surface area contributed by atoms with Crippen LogP contribution in [-0.2, 0) is 4.79 Å². The molecule has 0 spiro atoms. The number of hydrogen-bond acceptors (Lipinski definition) is 5. The average molecular weight is 511 g/mol. The Bertz CT molecular complexity index is 1430. The van der Waals surface area contributed by atoms with E-state index in [1.165, 1.54) is 25.9 Å². The van der Waals surface area contributed by atoms with E-state index in [0.29, 0.717) is 55.8 Å². The van der Waals surface area contributed by atoms with Crippen LogP contribution in [0.5, 0.6) is 11.5 Å². The molecule has 0 unspecified atom stereocenters. The number of nitrogens with one attached hydrogen (secondary N) is 1. The molecule has 3 aromatic carbocycles. The van der Waals surface area contributed by atoms with E-state index in [1.807, 2.05) is 24.3 Å². The molecule has 0 bridgehead atoms. The van der Waals surface area contributed by atoms with E-state index in [-0.39, 0.29) is 5.91 Å². The van der Waals surface area contributed by atoms with E-state index in [1.54, 1.807) is 30.3 Å². The highest BCUT2D eigenvalue weighted by Crippen LogP contribution is 2.34. The van der Waals surface area contributed by atoms with Crippen LogP contribution in [0.25, 0.3) is 28.6 Å². The summed E-state index contributed by atoms with van der Waals surface area (Å²) in [5.41, 5.74) is 4.42. The second-order valence-corrected chi connectivity index (χ2v) is 8.99. The molecule has 0 atom stereocenters. The fourth-order valence-corrected chi connectivity index (χ4v) is 4.21. The highest BCUT2D eigenvalue weighted by atomic mass is 35.5. The number of aromatic nitrogens is 1. The molecule has 0 saturated heterocycles. The summed E-state index contributed by atoms with van der Waals surface area (Å²) in [5, 5.41) is 3.63. The first-order chi connectivity index (χ1) is 16.8. The van der Waals surface area contributed by atoms with E-state index in [9.17, 15) is 4.79 Å². The first kappa shape index (κ1) is 24.6. The van der Waals surface area contributed by atoms with Crippen LogP contribution >= 0.6 is 23.2 Å². The molecule has 0 radical (unpaired) electrons. The Morgan fingerprint density at radius 3 is 2.57 bits per heavy atom. The van der Waals surface area contributed by atoms with Crippen LogP contribution in [0.15, 0.2) is 59.0 Å². The van der Waals surface area contributed by atoms with E-state index >= 15 is 0 Å². The van der Waals surface area contributed by atoms with Crippen molar-refractivity contribution in [3.63, 3.8) is 0 Å². The van der Waals surface area contributed by atoms with Crippen LogP contribution in [0.2, 0.25) is 10.0 Å². The largest absolute Gasteiger partial charge is 0.495 e. The smallest absolute Gasteiger partial charge is 0.248 e. The Labute approximate surface area is 213 Å². The number of benzene rings is 3. The maximum Gasteiger partial charge on any atom is 0.248 e. The monoisotopic (exact) mass is 510 g/mol. The molecule has 0 aliphatic heterocycles. The number of rotatable bonds is 7. The van der Waals surface area contributed by atoms with Crippen molar-refractivity contribution in [1.82, 2.24) is 4.98 Å². The summed E-state index contributed by atoms with van der Waals surface area (Å²) in [6.45, 7) is 4.26. The number of hydrogen-bond donors (Lipinski definition) is 1. The zero-order chi connectivity index (χ0) is 25.1. The number of anilines is 1. The van der Waals surface area contributed by atoms with Crippen molar-refractivity contribution < 1.29 is 18.7 Å². The van der Waals surface area contributed by atoms with Gasteiger partial charge in [-0.05, 0) is 60.0 Å². The maximum absolute atomic E-state index is 12.7. The Morgan fingerprint density at radius 2 is 1.86 bits per heavy atom. The molecule has 4 rings (SSSR count). The number of amides is 1. The van der Waals surface area contributed by atoms with Crippen molar-refractivity contribution >= 4 is 52.0 Å². The zero-order valence-corrected chi connectivity index (χ0v) is 21.2. The molecule has 0 saturated carbocycles. The van der Waals surface area contributed by atoms with E-state index in [4.69, 9.17) is 37.1 Å². The number of nitrogens with zero attached hydrogens (tertiary/aromatic N) is 1. The predicted octanol–water partition coefficient (Wildman–Crippen LogP) is 7.59. The van der Waals surface area contributed by atoms with Gasteiger partial charge in [-0.3, -0.25) is 4.79 Å². The summed E-state index contributed by atoms with van der Waals surface area (Å²) in [6, 6.07) is 14.6. The highest BCUT2D eigenvalue weighted by molar-refractivity contribution is 6.36. The molecular formula is C27H24Cl2N2O4. The lowest BCUT2D eigenvalue weighted by Crippen LogP contribution is -2.09. The van der Waals surface area contributed by atoms with Crippen LogP contribution in [0.1, 0.15) is 30.9 Å². The SMILES string of the molecule is COc1ccc(-c2nc3cc(C(C)C)ccc3o2)cc1NC(=O)C=Cc1cc(Cl)cc(Cl)c1OC. The topological polar surface area (TPSA) is 73.6 Å². The van der Waals surface area contributed by atoms with Crippen molar-refractivity contribution in [2.45, 2.75) is 19.8 Å². The number of ether oxygens (including phenoxy) is 2. The number of carbonyl (C=O) groups excluding carboxylic acids is 1. The molecule has 4 aromatic rings. The van der Waals surface area contributed by atoms with Gasteiger partial charge in [0.05, 0.1) is 24.9 Å². The second kappa shape index (κ2) is 10.4. The molecule has 6 nitrogen and oxygen atoms in total. The van der Waals surface area contributed by atoms with E-state index in [0.717, 1.165) is 5.52 Å². The first-order valence-corrected chi connectivity index (χ1v) is 11.7. The lowest BCUT2D eigenvalue weighted by atomic mass is 10.0.